The fourth-order valence-electron chi connectivity index (χ4n) is 3.51. The zero-order valence-electron chi connectivity index (χ0n) is 12.0. The van der Waals surface area contributed by atoms with Crippen LogP contribution in [0.5, 0.6) is 0 Å². The van der Waals surface area contributed by atoms with Gasteiger partial charge in [0.1, 0.15) is 0 Å². The van der Waals surface area contributed by atoms with Crippen LogP contribution in [0.1, 0.15) is 37.7 Å². The van der Waals surface area contributed by atoms with E-state index in [0.717, 1.165) is 0 Å². The lowest BCUT2D eigenvalue weighted by Gasteiger charge is -2.32. The third-order valence-corrected chi connectivity index (χ3v) is 4.56. The second-order valence-electron chi connectivity index (χ2n) is 5.98. The van der Waals surface area contributed by atoms with Crippen LogP contribution in [0.4, 0.5) is 5.69 Å². The predicted octanol–water partition coefficient (Wildman–Crippen LogP) is 3.32. The van der Waals surface area contributed by atoms with E-state index in [4.69, 9.17) is 0 Å². The second kappa shape index (κ2) is 6.42. The van der Waals surface area contributed by atoms with Crippen LogP contribution in [0, 0.1) is 0 Å². The highest BCUT2D eigenvalue weighted by molar-refractivity contribution is 5.55. The van der Waals surface area contributed by atoms with Crippen molar-refractivity contribution in [1.82, 2.24) is 4.90 Å². The molecule has 2 aliphatic rings. The molecule has 2 heterocycles. The minimum Gasteiger partial charge on any atom is -0.371 e. The van der Waals surface area contributed by atoms with Gasteiger partial charge in [0, 0.05) is 18.8 Å². The minimum absolute atomic E-state index is 1.23. The molecule has 3 rings (SSSR count). The van der Waals surface area contributed by atoms with Crippen LogP contribution >= 0.6 is 0 Å². The molecule has 2 nitrogen and oxygen atoms in total. The zero-order chi connectivity index (χ0) is 12.9. The third-order valence-electron chi connectivity index (χ3n) is 4.56. The molecule has 1 fully saturated rings. The number of hydrogen-bond donors (Lipinski definition) is 0. The Balaban J connectivity index is 1.50. The topological polar surface area (TPSA) is 6.48 Å². The highest BCUT2D eigenvalue weighted by Gasteiger charge is 2.16. The largest absolute Gasteiger partial charge is 0.371 e. The molecule has 0 amide bonds. The molecule has 2 heteroatoms. The molecular weight excluding hydrogens is 232 g/mol. The lowest BCUT2D eigenvalue weighted by molar-refractivity contribution is 0.227. The van der Waals surface area contributed by atoms with Crippen molar-refractivity contribution in [3.05, 3.63) is 29.8 Å². The summed E-state index contributed by atoms with van der Waals surface area (Å²) in [7, 11) is 0. The first-order chi connectivity index (χ1) is 9.43. The summed E-state index contributed by atoms with van der Waals surface area (Å²) in [5.41, 5.74) is 3.04. The number of aryl methyl sites for hydroxylation is 1. The van der Waals surface area contributed by atoms with Gasteiger partial charge >= 0.3 is 0 Å². The van der Waals surface area contributed by atoms with Crippen molar-refractivity contribution in [2.24, 2.45) is 0 Å². The Morgan fingerprint density at radius 2 is 1.68 bits per heavy atom. The fourth-order valence-corrected chi connectivity index (χ4v) is 3.51. The Morgan fingerprint density at radius 1 is 0.842 bits per heavy atom. The van der Waals surface area contributed by atoms with Gasteiger partial charge < -0.3 is 9.80 Å². The summed E-state index contributed by atoms with van der Waals surface area (Å²) in [5, 5.41) is 0. The smallest absolute Gasteiger partial charge is 0.0398 e. The Hall–Kier alpha value is -1.02. The van der Waals surface area contributed by atoms with Gasteiger partial charge in [-0.1, -0.05) is 24.6 Å². The van der Waals surface area contributed by atoms with Crippen LogP contribution in [-0.2, 0) is 6.42 Å². The maximum absolute atomic E-state index is 2.65. The fraction of sp³-hybridized carbons (Fsp3) is 0.647. The van der Waals surface area contributed by atoms with E-state index >= 15 is 0 Å². The molecule has 19 heavy (non-hydrogen) atoms. The maximum Gasteiger partial charge on any atom is 0.0398 e. The van der Waals surface area contributed by atoms with E-state index in [2.05, 4.69) is 34.1 Å². The second-order valence-corrected chi connectivity index (χ2v) is 5.98. The molecule has 0 aliphatic carbocycles. The summed E-state index contributed by atoms with van der Waals surface area (Å²) < 4.78 is 0. The van der Waals surface area contributed by atoms with Gasteiger partial charge in [0.2, 0.25) is 0 Å². The summed E-state index contributed by atoms with van der Waals surface area (Å²) in [5.74, 6) is 0. The lowest BCUT2D eigenvalue weighted by atomic mass is 10.0. The lowest BCUT2D eigenvalue weighted by Crippen LogP contribution is -2.35. The maximum atomic E-state index is 2.65. The van der Waals surface area contributed by atoms with Crippen molar-refractivity contribution in [2.45, 2.75) is 38.5 Å². The number of fused-ring (bicyclic) bond motifs is 1. The van der Waals surface area contributed by atoms with E-state index < -0.39 is 0 Å². The number of nitrogens with zero attached hydrogens (tertiary/aromatic N) is 2. The Bertz CT molecular complexity index is 396. The molecule has 0 spiro atoms. The van der Waals surface area contributed by atoms with Crippen molar-refractivity contribution in [1.29, 1.82) is 0 Å². The average Bonchev–Trinajstić information content (AvgIpc) is 2.49. The van der Waals surface area contributed by atoms with Crippen LogP contribution in [0.25, 0.3) is 0 Å². The van der Waals surface area contributed by atoms with Crippen LogP contribution in [0.3, 0.4) is 0 Å². The van der Waals surface area contributed by atoms with Crippen LogP contribution in [0.2, 0.25) is 0 Å². The van der Waals surface area contributed by atoms with Crippen molar-refractivity contribution in [3.63, 3.8) is 0 Å². The van der Waals surface area contributed by atoms with Crippen molar-refractivity contribution < 1.29 is 0 Å². The number of anilines is 1. The molecule has 1 aromatic rings. The molecule has 1 saturated heterocycles. The van der Waals surface area contributed by atoms with Gasteiger partial charge in [-0.05, 0) is 63.4 Å². The molecule has 0 saturated carbocycles. The monoisotopic (exact) mass is 258 g/mol. The Labute approximate surface area is 117 Å². The van der Waals surface area contributed by atoms with E-state index in [9.17, 15) is 0 Å². The highest BCUT2D eigenvalue weighted by atomic mass is 15.2. The molecule has 0 N–H and O–H groups in total. The summed E-state index contributed by atoms with van der Waals surface area (Å²) in [6, 6.07) is 8.96. The van der Waals surface area contributed by atoms with Gasteiger partial charge in [0.25, 0.3) is 0 Å². The van der Waals surface area contributed by atoms with E-state index in [1.54, 1.807) is 5.56 Å². The van der Waals surface area contributed by atoms with E-state index in [1.165, 1.54) is 76.9 Å². The quantitative estimate of drug-likeness (QED) is 0.817. The summed E-state index contributed by atoms with van der Waals surface area (Å²) in [6.45, 7) is 6.43. The van der Waals surface area contributed by atoms with Crippen LogP contribution in [0.15, 0.2) is 24.3 Å². The van der Waals surface area contributed by atoms with Gasteiger partial charge in [-0.2, -0.15) is 0 Å². The molecular formula is C17H26N2. The summed E-state index contributed by atoms with van der Waals surface area (Å²) >= 11 is 0. The van der Waals surface area contributed by atoms with Crippen molar-refractivity contribution in [3.8, 4) is 0 Å². The van der Waals surface area contributed by atoms with E-state index in [1.807, 2.05) is 0 Å². The average molecular weight is 258 g/mol. The standard InChI is InChI=1S/C17H26N2/c1-4-11-18(12-5-1)13-7-15-19-14-6-9-16-8-2-3-10-17(16)19/h2-3,8,10H,1,4-7,9,11-15H2. The first-order valence-electron chi connectivity index (χ1n) is 7.99. The first-order valence-corrected chi connectivity index (χ1v) is 7.99. The van der Waals surface area contributed by atoms with Crippen molar-refractivity contribution in [2.75, 3.05) is 37.6 Å². The van der Waals surface area contributed by atoms with Crippen LogP contribution < -0.4 is 4.90 Å². The molecule has 1 aromatic carbocycles. The predicted molar refractivity (Wildman–Crippen MR) is 81.9 cm³/mol. The number of para-hydroxylation sites is 1. The summed E-state index contributed by atoms with van der Waals surface area (Å²) in [4.78, 5) is 5.25. The number of rotatable bonds is 4. The van der Waals surface area contributed by atoms with E-state index in [-0.39, 0.29) is 0 Å². The number of benzene rings is 1. The number of piperidine rings is 1. The molecule has 2 aliphatic heterocycles. The van der Waals surface area contributed by atoms with Gasteiger partial charge in [-0.15, -0.1) is 0 Å². The first kappa shape index (κ1) is 13.0. The summed E-state index contributed by atoms with van der Waals surface area (Å²) in [6.07, 6.45) is 8.16. The Morgan fingerprint density at radius 3 is 2.58 bits per heavy atom. The molecule has 0 aromatic heterocycles. The molecule has 0 radical (unpaired) electrons. The molecule has 0 atom stereocenters. The molecule has 0 bridgehead atoms. The highest BCUT2D eigenvalue weighted by Crippen LogP contribution is 2.26. The van der Waals surface area contributed by atoms with E-state index in [0.29, 0.717) is 0 Å². The minimum atomic E-state index is 1.23. The van der Waals surface area contributed by atoms with Gasteiger partial charge in [0.05, 0.1) is 0 Å². The molecule has 0 unspecified atom stereocenters. The normalized spacial score (nSPS) is 20.3. The van der Waals surface area contributed by atoms with Gasteiger partial charge in [-0.3, -0.25) is 0 Å². The van der Waals surface area contributed by atoms with Gasteiger partial charge in [-0.25, -0.2) is 0 Å². The third kappa shape index (κ3) is 3.30. The number of hydrogen-bond acceptors (Lipinski definition) is 2. The zero-order valence-corrected chi connectivity index (χ0v) is 12.0. The van der Waals surface area contributed by atoms with Gasteiger partial charge in [0.15, 0.2) is 0 Å². The number of likely N-dealkylation sites (tertiary alicyclic amines) is 1. The molecule has 104 valence electrons. The SMILES string of the molecule is c1ccc2c(c1)CCCN2CCCN1CCCCC1. The van der Waals surface area contributed by atoms with Crippen LogP contribution in [-0.4, -0.2) is 37.6 Å². The van der Waals surface area contributed by atoms with Crippen molar-refractivity contribution >= 4 is 5.69 Å². The Kier molecular flexibility index (Phi) is 4.39.